The number of hydrogen-bond acceptors (Lipinski definition) is 6. The Kier molecular flexibility index (Phi) is 11.2. The van der Waals surface area contributed by atoms with E-state index in [1.54, 1.807) is 19.1 Å². The maximum atomic E-state index is 11.8. The zero-order valence-corrected chi connectivity index (χ0v) is 24.2. The molecule has 0 saturated heterocycles. The Balaban J connectivity index is 2.11. The molecule has 0 spiro atoms. The highest BCUT2D eigenvalue weighted by molar-refractivity contribution is 7.91. The van der Waals surface area contributed by atoms with E-state index in [1.807, 2.05) is 45.0 Å². The van der Waals surface area contributed by atoms with Gasteiger partial charge in [-0.1, -0.05) is 63.0 Å². The minimum Gasteiger partial charge on any atom is -0.493 e. The van der Waals surface area contributed by atoms with E-state index in [1.165, 1.54) is 6.92 Å². The van der Waals surface area contributed by atoms with Crippen molar-refractivity contribution >= 4 is 50.6 Å². The van der Waals surface area contributed by atoms with Crippen LogP contribution in [0.4, 0.5) is 0 Å². The molecule has 6 nitrogen and oxygen atoms in total. The second kappa shape index (κ2) is 13.2. The van der Waals surface area contributed by atoms with Crippen molar-refractivity contribution in [2.24, 2.45) is 5.92 Å². The quantitative estimate of drug-likeness (QED) is 0.204. The summed E-state index contributed by atoms with van der Waals surface area (Å²) in [7, 11) is -3.04. The summed E-state index contributed by atoms with van der Waals surface area (Å²) in [6.45, 7) is 9.24. The molecule has 0 unspecified atom stereocenters. The summed E-state index contributed by atoms with van der Waals surface area (Å²) in [5, 5.41) is 0.662. The van der Waals surface area contributed by atoms with Gasteiger partial charge in [0, 0.05) is 24.0 Å². The van der Waals surface area contributed by atoms with E-state index < -0.39 is 27.3 Å². The van der Waals surface area contributed by atoms with Crippen LogP contribution in [0, 0.1) is 5.92 Å². The monoisotopic (exact) mass is 578 g/mol. The predicted molar refractivity (Wildman–Crippen MR) is 146 cm³/mol. The first-order valence-electron chi connectivity index (χ1n) is 11.6. The normalized spacial score (nSPS) is 13.7. The van der Waals surface area contributed by atoms with Gasteiger partial charge >= 0.3 is 5.97 Å². The Hall–Kier alpha value is -1.67. The van der Waals surface area contributed by atoms with Crippen molar-refractivity contribution in [3.63, 3.8) is 0 Å². The lowest BCUT2D eigenvalue weighted by molar-refractivity contribution is -0.146. The number of sulfone groups is 1. The zero-order chi connectivity index (χ0) is 27.1. The number of rotatable bonds is 13. The van der Waals surface area contributed by atoms with Crippen molar-refractivity contribution in [2.45, 2.75) is 46.1 Å². The predicted octanol–water partition coefficient (Wildman–Crippen LogP) is 6.32. The molecule has 0 aromatic heterocycles. The van der Waals surface area contributed by atoms with Gasteiger partial charge in [-0.15, -0.1) is 11.6 Å². The molecule has 2 aromatic rings. The van der Waals surface area contributed by atoms with Crippen molar-refractivity contribution in [1.29, 1.82) is 0 Å². The van der Waals surface area contributed by atoms with Crippen LogP contribution in [-0.2, 0) is 24.8 Å². The summed E-state index contributed by atoms with van der Waals surface area (Å²) < 4.78 is 40.2. The fourth-order valence-corrected chi connectivity index (χ4v) is 5.50. The first-order chi connectivity index (χ1) is 16.8. The van der Waals surface area contributed by atoms with E-state index in [0.29, 0.717) is 28.2 Å². The SMILES string of the molecule is CCS(=O)(=O)C[C@H](C)COc1ccc(C(C)(C)c2cc(Cl)c(OC[C@H](CCl)OC(C)=O)c(Cl)c2)cc1. The number of carbonyl (C=O) groups is 1. The molecule has 0 radical (unpaired) electrons. The van der Waals surface area contributed by atoms with Crippen LogP contribution in [0.25, 0.3) is 0 Å². The lowest BCUT2D eigenvalue weighted by atomic mass is 9.78. The van der Waals surface area contributed by atoms with Crippen LogP contribution in [0.5, 0.6) is 11.5 Å². The van der Waals surface area contributed by atoms with Gasteiger partial charge in [0.05, 0.1) is 28.3 Å². The van der Waals surface area contributed by atoms with E-state index in [2.05, 4.69) is 0 Å². The highest BCUT2D eigenvalue weighted by atomic mass is 35.5. The molecule has 36 heavy (non-hydrogen) atoms. The van der Waals surface area contributed by atoms with Crippen molar-refractivity contribution < 1.29 is 27.4 Å². The average Bonchev–Trinajstić information content (AvgIpc) is 2.81. The van der Waals surface area contributed by atoms with Crippen molar-refractivity contribution in [3.8, 4) is 11.5 Å². The largest absolute Gasteiger partial charge is 0.493 e. The number of benzene rings is 2. The third-order valence-corrected chi connectivity index (χ3v) is 8.59. The molecule has 0 heterocycles. The molecule has 0 saturated carbocycles. The number of esters is 1. The minimum atomic E-state index is -3.04. The summed E-state index contributed by atoms with van der Waals surface area (Å²) in [6, 6.07) is 11.2. The standard InChI is InChI=1S/C26H33Cl3O6S/c1-6-36(31,32)16-17(2)14-33-21-9-7-19(8-10-21)26(4,5)20-11-23(28)25(24(29)12-20)34-15-22(13-27)35-18(3)30/h7-12,17,22H,6,13-16H2,1-5H3/t17-,22+/m1/s1. The minimum absolute atomic E-state index is 0.0235. The molecule has 200 valence electrons. The van der Waals surface area contributed by atoms with Crippen LogP contribution in [0.3, 0.4) is 0 Å². The van der Waals surface area contributed by atoms with Crippen LogP contribution in [0.15, 0.2) is 36.4 Å². The van der Waals surface area contributed by atoms with Gasteiger partial charge in [-0.2, -0.15) is 0 Å². The molecular formula is C26H33Cl3O6S. The molecule has 0 aliphatic carbocycles. The fourth-order valence-electron chi connectivity index (χ4n) is 3.55. The molecule has 2 aromatic carbocycles. The Labute approximate surface area is 229 Å². The summed E-state index contributed by atoms with van der Waals surface area (Å²) in [4.78, 5) is 11.2. The Morgan fingerprint density at radius 2 is 1.58 bits per heavy atom. The van der Waals surface area contributed by atoms with Crippen LogP contribution in [0.1, 0.15) is 45.7 Å². The summed E-state index contributed by atoms with van der Waals surface area (Å²) in [5.41, 5.74) is 1.45. The zero-order valence-electron chi connectivity index (χ0n) is 21.1. The molecule has 0 aliphatic rings. The molecule has 2 atom stereocenters. The van der Waals surface area contributed by atoms with Gasteiger partial charge in [0.25, 0.3) is 0 Å². The van der Waals surface area contributed by atoms with Crippen LogP contribution < -0.4 is 9.47 Å². The Morgan fingerprint density at radius 3 is 2.08 bits per heavy atom. The van der Waals surface area contributed by atoms with E-state index >= 15 is 0 Å². The molecule has 2 rings (SSSR count). The maximum absolute atomic E-state index is 11.8. The first-order valence-corrected chi connectivity index (χ1v) is 14.7. The van der Waals surface area contributed by atoms with Gasteiger partial charge in [-0.05, 0) is 35.4 Å². The number of carbonyl (C=O) groups excluding carboxylic acids is 1. The molecule has 0 aliphatic heterocycles. The van der Waals surface area contributed by atoms with Crippen molar-refractivity contribution in [2.75, 3.05) is 30.6 Å². The maximum Gasteiger partial charge on any atom is 0.303 e. The van der Waals surface area contributed by atoms with E-state index in [-0.39, 0.29) is 29.9 Å². The van der Waals surface area contributed by atoms with E-state index in [9.17, 15) is 13.2 Å². The Morgan fingerprint density at radius 1 is 1.00 bits per heavy atom. The van der Waals surface area contributed by atoms with Crippen LogP contribution in [0.2, 0.25) is 10.0 Å². The van der Waals surface area contributed by atoms with Gasteiger partial charge in [0.15, 0.2) is 5.75 Å². The molecule has 0 amide bonds. The molecule has 0 fully saturated rings. The number of ether oxygens (including phenoxy) is 3. The topological polar surface area (TPSA) is 78.9 Å². The molecule has 0 N–H and O–H groups in total. The average molecular weight is 580 g/mol. The van der Waals surface area contributed by atoms with Gasteiger partial charge in [0.1, 0.15) is 28.3 Å². The van der Waals surface area contributed by atoms with Gasteiger partial charge in [0.2, 0.25) is 0 Å². The third-order valence-electron chi connectivity index (χ3n) is 5.73. The second-order valence-electron chi connectivity index (χ2n) is 9.23. The van der Waals surface area contributed by atoms with Crippen LogP contribution in [-0.4, -0.2) is 51.1 Å². The number of hydrogen-bond donors (Lipinski definition) is 0. The van der Waals surface area contributed by atoms with E-state index in [0.717, 1.165) is 11.1 Å². The highest BCUT2D eigenvalue weighted by Gasteiger charge is 2.26. The lowest BCUT2D eigenvalue weighted by Gasteiger charge is -2.27. The van der Waals surface area contributed by atoms with Gasteiger partial charge in [-0.3, -0.25) is 4.79 Å². The second-order valence-corrected chi connectivity index (χ2v) is 12.8. The Bertz CT molecular complexity index is 1110. The van der Waals surface area contributed by atoms with Crippen LogP contribution >= 0.6 is 34.8 Å². The summed E-state index contributed by atoms with van der Waals surface area (Å²) in [6.07, 6.45) is -0.618. The third kappa shape index (κ3) is 8.72. The lowest BCUT2D eigenvalue weighted by Crippen LogP contribution is -2.26. The van der Waals surface area contributed by atoms with Gasteiger partial charge < -0.3 is 14.2 Å². The molecular weight excluding hydrogens is 547 g/mol. The first kappa shape index (κ1) is 30.6. The molecule has 10 heteroatoms. The fraction of sp³-hybridized carbons (Fsp3) is 0.500. The molecule has 0 bridgehead atoms. The highest BCUT2D eigenvalue weighted by Crippen LogP contribution is 2.40. The number of halogens is 3. The smallest absolute Gasteiger partial charge is 0.303 e. The summed E-state index contributed by atoms with van der Waals surface area (Å²) >= 11 is 18.8. The number of alkyl halides is 1. The summed E-state index contributed by atoms with van der Waals surface area (Å²) in [5.74, 6) is 0.714. The van der Waals surface area contributed by atoms with E-state index in [4.69, 9.17) is 49.0 Å². The van der Waals surface area contributed by atoms with Gasteiger partial charge in [-0.25, -0.2) is 8.42 Å². The van der Waals surface area contributed by atoms with Crippen molar-refractivity contribution in [1.82, 2.24) is 0 Å². The van der Waals surface area contributed by atoms with Crippen molar-refractivity contribution in [3.05, 3.63) is 57.6 Å².